The standard InChI is InChI=1S/C32H42N4O4S.C8H8O3/c1-3-35(4-2)20-21-36(19-18-33-17-14-26-12-13-28(37)30-31(26)41-32(39)34-30)29(38)16-23-40-22-15-25-10-7-9-24-8-5-6-11-27(24)25;9-7(8(10)11)6-4-2-1-3-5-6/h5-13,33,37H,3-4,14-23H2,1-2H3,(H,34,39);1-5,7,9H,(H,10,11). The average Bonchev–Trinajstić information content (AvgIpc) is 3.57. The summed E-state index contributed by atoms with van der Waals surface area (Å²) in [6, 6.07) is 26.5. The van der Waals surface area contributed by atoms with Crippen molar-refractivity contribution >= 4 is 44.2 Å². The van der Waals surface area contributed by atoms with E-state index >= 15 is 0 Å². The van der Waals surface area contributed by atoms with E-state index in [-0.39, 0.29) is 16.5 Å². The van der Waals surface area contributed by atoms with Gasteiger partial charge in [-0.15, -0.1) is 0 Å². The summed E-state index contributed by atoms with van der Waals surface area (Å²) in [6.07, 6.45) is 0.503. The van der Waals surface area contributed by atoms with Crippen molar-refractivity contribution in [3.05, 3.63) is 111 Å². The number of aromatic amines is 1. The molecule has 278 valence electrons. The van der Waals surface area contributed by atoms with Crippen LogP contribution < -0.4 is 10.2 Å². The number of amides is 1. The van der Waals surface area contributed by atoms with Gasteiger partial charge in [0, 0.05) is 26.2 Å². The molecule has 0 aliphatic heterocycles. The number of carboxylic acid groups (broad SMARTS) is 1. The maximum atomic E-state index is 13.2. The lowest BCUT2D eigenvalue weighted by atomic mass is 10.0. The first kappa shape index (κ1) is 40.2. The molecule has 1 unspecified atom stereocenters. The number of aromatic nitrogens is 1. The second-order valence-corrected chi connectivity index (χ2v) is 13.3. The molecule has 4 aromatic carbocycles. The first-order valence-corrected chi connectivity index (χ1v) is 18.6. The Labute approximate surface area is 308 Å². The number of benzene rings is 4. The van der Waals surface area contributed by atoms with Crippen molar-refractivity contribution in [2.75, 3.05) is 59.0 Å². The fourth-order valence-electron chi connectivity index (χ4n) is 5.89. The minimum Gasteiger partial charge on any atom is -0.506 e. The predicted octanol–water partition coefficient (Wildman–Crippen LogP) is 5.20. The zero-order valence-corrected chi connectivity index (χ0v) is 30.7. The number of hydrogen-bond donors (Lipinski definition) is 5. The number of carboxylic acids is 1. The van der Waals surface area contributed by atoms with Crippen LogP contribution in [0.15, 0.2) is 89.7 Å². The van der Waals surface area contributed by atoms with Crippen LogP contribution in [0.3, 0.4) is 0 Å². The number of aliphatic carboxylic acids is 1. The lowest BCUT2D eigenvalue weighted by Crippen LogP contribution is -2.42. The molecule has 0 fully saturated rings. The van der Waals surface area contributed by atoms with Gasteiger partial charge in [0.15, 0.2) is 6.10 Å². The number of likely N-dealkylation sites (N-methyl/N-ethyl adjacent to an activating group) is 1. The molecule has 12 heteroatoms. The van der Waals surface area contributed by atoms with Crippen molar-refractivity contribution in [2.24, 2.45) is 0 Å². The normalized spacial score (nSPS) is 11.8. The summed E-state index contributed by atoms with van der Waals surface area (Å²) in [5.41, 5.74) is 3.19. The van der Waals surface area contributed by atoms with Crippen molar-refractivity contribution in [1.82, 2.24) is 20.1 Å². The number of H-pyrrole nitrogens is 1. The number of hydrogen-bond acceptors (Lipinski definition) is 9. The zero-order valence-electron chi connectivity index (χ0n) is 29.9. The SMILES string of the molecule is CCN(CC)CCN(CCNCCc1ccc(O)c2[nH]c(=O)sc12)C(=O)CCOCCc1cccc2ccccc12.O=C(O)C(O)c1ccccc1. The molecule has 5 rings (SSSR count). The lowest BCUT2D eigenvalue weighted by Gasteiger charge is -2.27. The highest BCUT2D eigenvalue weighted by Crippen LogP contribution is 2.28. The Kier molecular flexibility index (Phi) is 16.3. The number of phenols is 1. The van der Waals surface area contributed by atoms with E-state index in [9.17, 15) is 19.5 Å². The molecular weight excluding hydrogens is 681 g/mol. The van der Waals surface area contributed by atoms with Crippen LogP contribution in [0.4, 0.5) is 0 Å². The molecule has 0 bridgehead atoms. The first-order valence-electron chi connectivity index (χ1n) is 17.8. The molecule has 5 N–H and O–H groups in total. The fraction of sp³-hybridized carbons (Fsp3) is 0.375. The minimum atomic E-state index is -1.41. The van der Waals surface area contributed by atoms with E-state index in [0.29, 0.717) is 56.9 Å². The predicted molar refractivity (Wildman–Crippen MR) is 207 cm³/mol. The molecule has 0 saturated carbocycles. The van der Waals surface area contributed by atoms with E-state index in [1.165, 1.54) is 16.3 Å². The number of carbonyl (C=O) groups is 2. The third-order valence-electron chi connectivity index (χ3n) is 8.91. The maximum Gasteiger partial charge on any atom is 0.337 e. The van der Waals surface area contributed by atoms with E-state index in [1.807, 2.05) is 11.0 Å². The third-order valence-corrected chi connectivity index (χ3v) is 9.87. The molecule has 1 atom stereocenters. The molecule has 0 radical (unpaired) electrons. The van der Waals surface area contributed by atoms with Gasteiger partial charge in [0.2, 0.25) is 5.91 Å². The van der Waals surface area contributed by atoms with Gasteiger partial charge in [-0.3, -0.25) is 9.59 Å². The second-order valence-electron chi connectivity index (χ2n) is 12.3. The number of ether oxygens (including phenoxy) is 1. The number of thiazole rings is 1. The fourth-order valence-corrected chi connectivity index (χ4v) is 6.78. The van der Waals surface area contributed by atoms with Crippen LogP contribution in [0.2, 0.25) is 0 Å². The van der Waals surface area contributed by atoms with Crippen LogP contribution in [0, 0.1) is 0 Å². The van der Waals surface area contributed by atoms with Gasteiger partial charge in [-0.2, -0.15) is 0 Å². The Morgan fingerprint density at radius 2 is 1.58 bits per heavy atom. The molecule has 0 aliphatic rings. The van der Waals surface area contributed by atoms with E-state index in [2.05, 4.69) is 71.5 Å². The average molecular weight is 731 g/mol. The molecule has 0 spiro atoms. The molecule has 1 amide bonds. The zero-order chi connectivity index (χ0) is 37.3. The Balaban J connectivity index is 0.000000470. The lowest BCUT2D eigenvalue weighted by molar-refractivity contribution is -0.147. The monoisotopic (exact) mass is 730 g/mol. The highest BCUT2D eigenvalue weighted by atomic mass is 32.1. The topological polar surface area (TPSA) is 155 Å². The molecule has 0 aliphatic carbocycles. The number of nitrogens with one attached hydrogen (secondary N) is 2. The highest BCUT2D eigenvalue weighted by Gasteiger charge is 2.16. The number of carbonyl (C=O) groups excluding carboxylic acids is 1. The summed E-state index contributed by atoms with van der Waals surface area (Å²) in [4.78, 5) is 42.0. The third kappa shape index (κ3) is 12.0. The van der Waals surface area contributed by atoms with Gasteiger partial charge in [0.25, 0.3) is 0 Å². The van der Waals surface area contributed by atoms with E-state index in [1.54, 1.807) is 36.4 Å². The number of aliphatic hydroxyl groups excluding tert-OH is 1. The number of phenolic OH excluding ortho intramolecular Hbond substituents is 1. The van der Waals surface area contributed by atoms with Crippen LogP contribution >= 0.6 is 11.3 Å². The Morgan fingerprint density at radius 1 is 0.846 bits per heavy atom. The highest BCUT2D eigenvalue weighted by molar-refractivity contribution is 7.16. The van der Waals surface area contributed by atoms with Crippen LogP contribution in [0.5, 0.6) is 5.75 Å². The quantitative estimate of drug-likeness (QED) is 0.0721. The van der Waals surface area contributed by atoms with Crippen molar-refractivity contribution in [2.45, 2.75) is 39.2 Å². The smallest absolute Gasteiger partial charge is 0.337 e. The van der Waals surface area contributed by atoms with Gasteiger partial charge >= 0.3 is 10.8 Å². The van der Waals surface area contributed by atoms with Gasteiger partial charge in [-0.25, -0.2) is 4.79 Å². The molecule has 11 nitrogen and oxygen atoms in total. The van der Waals surface area contributed by atoms with Crippen molar-refractivity contribution in [1.29, 1.82) is 0 Å². The van der Waals surface area contributed by atoms with E-state index in [0.717, 1.165) is 54.1 Å². The Hall–Kier alpha value is -4.59. The number of aromatic hydroxyl groups is 1. The summed E-state index contributed by atoms with van der Waals surface area (Å²) >= 11 is 1.12. The molecule has 5 aromatic rings. The van der Waals surface area contributed by atoms with Crippen LogP contribution in [-0.4, -0.2) is 101 Å². The number of fused-ring (bicyclic) bond motifs is 2. The van der Waals surface area contributed by atoms with Gasteiger partial charge < -0.3 is 40.2 Å². The summed E-state index contributed by atoms with van der Waals surface area (Å²) in [5, 5.41) is 33.3. The minimum absolute atomic E-state index is 0.0926. The summed E-state index contributed by atoms with van der Waals surface area (Å²) < 4.78 is 6.70. The van der Waals surface area contributed by atoms with E-state index in [4.69, 9.17) is 14.9 Å². The Bertz CT molecular complexity index is 1900. The van der Waals surface area contributed by atoms with Crippen molar-refractivity contribution in [3.8, 4) is 5.75 Å². The molecule has 52 heavy (non-hydrogen) atoms. The number of rotatable bonds is 19. The second kappa shape index (κ2) is 21.1. The molecule has 0 saturated heterocycles. The summed E-state index contributed by atoms with van der Waals surface area (Å²) in [6.45, 7) is 10.7. The Morgan fingerprint density at radius 3 is 2.33 bits per heavy atom. The van der Waals surface area contributed by atoms with Gasteiger partial charge in [-0.05, 0) is 66.0 Å². The molecular formula is C40H50N4O7S. The summed E-state index contributed by atoms with van der Waals surface area (Å²) in [5.74, 6) is -1.02. The van der Waals surface area contributed by atoms with Crippen molar-refractivity contribution in [3.63, 3.8) is 0 Å². The molecule has 1 aromatic heterocycles. The van der Waals surface area contributed by atoms with Gasteiger partial charge in [0.1, 0.15) is 11.3 Å². The van der Waals surface area contributed by atoms with Crippen LogP contribution in [-0.2, 0) is 27.2 Å². The summed E-state index contributed by atoms with van der Waals surface area (Å²) in [7, 11) is 0. The molecule has 1 heterocycles. The van der Waals surface area contributed by atoms with E-state index < -0.39 is 12.1 Å². The number of aliphatic hydroxyl groups is 1. The van der Waals surface area contributed by atoms with Gasteiger partial charge in [0.05, 0.1) is 24.3 Å². The van der Waals surface area contributed by atoms with Crippen molar-refractivity contribution < 1.29 is 29.6 Å². The van der Waals surface area contributed by atoms with Gasteiger partial charge in [-0.1, -0.05) is 104 Å². The largest absolute Gasteiger partial charge is 0.506 e. The van der Waals surface area contributed by atoms with Crippen LogP contribution in [0.25, 0.3) is 21.0 Å². The number of nitrogens with zero attached hydrogens (tertiary/aromatic N) is 2. The first-order chi connectivity index (χ1) is 25.2. The van der Waals surface area contributed by atoms with Crippen LogP contribution in [0.1, 0.15) is 43.1 Å². The maximum absolute atomic E-state index is 13.2.